The zero-order chi connectivity index (χ0) is 16.1. The van der Waals surface area contributed by atoms with Crippen LogP contribution < -0.4 is 5.32 Å². The van der Waals surface area contributed by atoms with Gasteiger partial charge in [0.25, 0.3) is 5.91 Å². The molecule has 0 aromatic heterocycles. The number of halogens is 1. The van der Waals surface area contributed by atoms with Crippen molar-refractivity contribution in [3.8, 4) is 0 Å². The van der Waals surface area contributed by atoms with E-state index in [0.29, 0.717) is 5.56 Å². The van der Waals surface area contributed by atoms with Crippen molar-refractivity contribution in [3.05, 3.63) is 40.7 Å². The maximum absolute atomic E-state index is 14.0. The quantitative estimate of drug-likeness (QED) is 0.846. The van der Waals surface area contributed by atoms with Gasteiger partial charge in [-0.2, -0.15) is 0 Å². The summed E-state index contributed by atoms with van der Waals surface area (Å²) in [6.45, 7) is 0.243. The molecule has 1 saturated heterocycles. The van der Waals surface area contributed by atoms with E-state index in [1.807, 2.05) is 0 Å². The molecule has 0 spiro atoms. The molecule has 0 radical (unpaired) electrons. The molecular weight excluding hydrogens is 299 g/mol. The maximum atomic E-state index is 14.0. The molecule has 1 aromatic carbocycles. The van der Waals surface area contributed by atoms with Crippen LogP contribution in [0.2, 0.25) is 0 Å². The van der Waals surface area contributed by atoms with Crippen LogP contribution >= 0.6 is 0 Å². The van der Waals surface area contributed by atoms with Gasteiger partial charge in [0.15, 0.2) is 0 Å². The molecule has 2 heterocycles. The van der Waals surface area contributed by atoms with Crippen LogP contribution in [-0.2, 0) is 16.1 Å². The second-order valence-electron chi connectivity index (χ2n) is 6.17. The van der Waals surface area contributed by atoms with Crippen LogP contribution in [0.5, 0.6) is 0 Å². The Morgan fingerprint density at radius 1 is 1.17 bits per heavy atom. The number of amides is 3. The molecule has 1 N–H and O–H groups in total. The molecule has 6 heteroatoms. The smallest absolute Gasteiger partial charge is 0.255 e. The number of benzene rings is 1. The largest absolute Gasteiger partial charge is 0.322 e. The van der Waals surface area contributed by atoms with Gasteiger partial charge < -0.3 is 4.90 Å². The molecule has 1 aliphatic carbocycles. The van der Waals surface area contributed by atoms with Crippen LogP contribution in [-0.4, -0.2) is 28.7 Å². The van der Waals surface area contributed by atoms with Gasteiger partial charge in [0.2, 0.25) is 11.8 Å². The first kappa shape index (κ1) is 14.1. The van der Waals surface area contributed by atoms with Crippen molar-refractivity contribution >= 4 is 23.3 Å². The number of imide groups is 1. The molecule has 5 nitrogen and oxygen atoms in total. The van der Waals surface area contributed by atoms with E-state index < -0.39 is 17.8 Å². The second-order valence-corrected chi connectivity index (χ2v) is 6.17. The molecule has 1 fully saturated rings. The summed E-state index contributed by atoms with van der Waals surface area (Å²) in [5, 5.41) is 2.21. The monoisotopic (exact) mass is 314 g/mol. The van der Waals surface area contributed by atoms with Gasteiger partial charge in [-0.05, 0) is 48.1 Å². The second kappa shape index (κ2) is 5.01. The Labute approximate surface area is 132 Å². The maximum Gasteiger partial charge on any atom is 0.255 e. The summed E-state index contributed by atoms with van der Waals surface area (Å²) in [4.78, 5) is 37.2. The topological polar surface area (TPSA) is 66.5 Å². The average molecular weight is 314 g/mol. The molecule has 3 aliphatic rings. The fourth-order valence-corrected chi connectivity index (χ4v) is 3.64. The van der Waals surface area contributed by atoms with Crippen LogP contribution in [0.4, 0.5) is 4.39 Å². The minimum Gasteiger partial charge on any atom is -0.322 e. The summed E-state index contributed by atoms with van der Waals surface area (Å²) in [5.74, 6) is -1.67. The lowest BCUT2D eigenvalue weighted by molar-refractivity contribution is -0.126. The van der Waals surface area contributed by atoms with Gasteiger partial charge in [-0.1, -0.05) is 6.08 Å². The van der Waals surface area contributed by atoms with Crippen LogP contribution in [0.25, 0.3) is 5.57 Å². The summed E-state index contributed by atoms with van der Waals surface area (Å²) >= 11 is 0. The summed E-state index contributed by atoms with van der Waals surface area (Å²) in [6, 6.07) is 1.90. The first-order valence-electron chi connectivity index (χ1n) is 7.71. The molecule has 1 atom stereocenters. The van der Waals surface area contributed by atoms with Gasteiger partial charge in [0.05, 0.1) is 6.42 Å². The van der Waals surface area contributed by atoms with Crippen LogP contribution in [0.15, 0.2) is 18.2 Å². The number of rotatable bonds is 2. The van der Waals surface area contributed by atoms with Gasteiger partial charge in [0.1, 0.15) is 11.9 Å². The minimum atomic E-state index is -0.795. The third-order valence-corrected chi connectivity index (χ3v) is 4.74. The fraction of sp³-hybridized carbons (Fsp3) is 0.353. The highest BCUT2D eigenvalue weighted by Crippen LogP contribution is 2.37. The normalized spacial score (nSPS) is 23.3. The van der Waals surface area contributed by atoms with E-state index in [1.165, 1.54) is 17.0 Å². The highest BCUT2D eigenvalue weighted by molar-refractivity contribution is 6.09. The lowest BCUT2D eigenvalue weighted by atomic mass is 9.96. The SMILES string of the molecule is O=C1CC(N2Cc3c(cc(F)cc3C3=CCCC3)C2=O)C(=O)N1. The molecule has 4 rings (SSSR count). The zero-order valence-electron chi connectivity index (χ0n) is 12.4. The van der Waals surface area contributed by atoms with Crippen molar-refractivity contribution in [1.29, 1.82) is 0 Å². The minimum absolute atomic E-state index is 0.0287. The summed E-state index contributed by atoms with van der Waals surface area (Å²) in [5.41, 5.74) is 2.89. The number of carbonyl (C=O) groups is 3. The van der Waals surface area contributed by atoms with Gasteiger partial charge in [-0.15, -0.1) is 0 Å². The molecule has 0 saturated carbocycles. The molecule has 0 bridgehead atoms. The molecule has 1 aromatic rings. The standard InChI is InChI=1S/C17H15FN2O3/c18-10-5-11(9-3-1-2-4-9)13-8-20(17(23)12(13)6-10)14-7-15(21)19-16(14)22/h3,5-6,14H,1-2,4,7-8H2,(H,19,21,22). The number of hydrogen-bond acceptors (Lipinski definition) is 3. The Morgan fingerprint density at radius 2 is 1.96 bits per heavy atom. The highest BCUT2D eigenvalue weighted by Gasteiger charge is 2.42. The van der Waals surface area contributed by atoms with E-state index in [-0.39, 0.29) is 24.8 Å². The lowest BCUT2D eigenvalue weighted by Gasteiger charge is -2.20. The third-order valence-electron chi connectivity index (χ3n) is 4.74. The number of carbonyl (C=O) groups excluding carboxylic acids is 3. The van der Waals surface area contributed by atoms with E-state index >= 15 is 0 Å². The molecule has 3 amide bonds. The van der Waals surface area contributed by atoms with Crippen LogP contribution in [0.3, 0.4) is 0 Å². The van der Waals surface area contributed by atoms with Gasteiger partial charge >= 0.3 is 0 Å². The zero-order valence-corrected chi connectivity index (χ0v) is 12.4. The number of nitrogens with one attached hydrogen (secondary N) is 1. The Balaban J connectivity index is 1.75. The number of allylic oxidation sites excluding steroid dienone is 2. The lowest BCUT2D eigenvalue weighted by Crippen LogP contribution is -2.40. The van der Waals surface area contributed by atoms with Crippen LogP contribution in [0, 0.1) is 5.82 Å². The van der Waals surface area contributed by atoms with Crippen LogP contribution in [0.1, 0.15) is 47.2 Å². The molecule has 118 valence electrons. The predicted molar refractivity (Wildman–Crippen MR) is 79.7 cm³/mol. The highest BCUT2D eigenvalue weighted by atomic mass is 19.1. The summed E-state index contributed by atoms with van der Waals surface area (Å²) in [6.07, 6.45) is 4.90. The van der Waals surface area contributed by atoms with Crippen molar-refractivity contribution in [2.75, 3.05) is 0 Å². The first-order valence-corrected chi connectivity index (χ1v) is 7.71. The molecular formula is C17H15FN2O3. The third kappa shape index (κ3) is 2.17. The van der Waals surface area contributed by atoms with E-state index in [0.717, 1.165) is 36.0 Å². The van der Waals surface area contributed by atoms with Gasteiger partial charge in [-0.3, -0.25) is 19.7 Å². The molecule has 1 unspecified atom stereocenters. The number of nitrogens with zero attached hydrogens (tertiary/aromatic N) is 1. The van der Waals surface area contributed by atoms with E-state index in [4.69, 9.17) is 0 Å². The van der Waals surface area contributed by atoms with Gasteiger partial charge in [0, 0.05) is 12.1 Å². The van der Waals surface area contributed by atoms with E-state index in [9.17, 15) is 18.8 Å². The van der Waals surface area contributed by atoms with Crippen molar-refractivity contribution in [3.63, 3.8) is 0 Å². The Morgan fingerprint density at radius 3 is 2.61 bits per heavy atom. The summed E-state index contributed by atoms with van der Waals surface area (Å²) < 4.78 is 14.0. The number of hydrogen-bond donors (Lipinski definition) is 1. The van der Waals surface area contributed by atoms with Gasteiger partial charge in [-0.25, -0.2) is 4.39 Å². The molecule has 2 aliphatic heterocycles. The Hall–Kier alpha value is -2.50. The Kier molecular flexibility index (Phi) is 3.07. The number of fused-ring (bicyclic) bond motifs is 1. The first-order chi connectivity index (χ1) is 11.0. The summed E-state index contributed by atoms with van der Waals surface area (Å²) in [7, 11) is 0. The van der Waals surface area contributed by atoms with Crippen molar-refractivity contribution in [2.45, 2.75) is 38.3 Å². The Bertz CT molecular complexity index is 784. The predicted octanol–water partition coefficient (Wildman–Crippen LogP) is 1.76. The van der Waals surface area contributed by atoms with Crippen molar-refractivity contribution < 1.29 is 18.8 Å². The van der Waals surface area contributed by atoms with E-state index in [2.05, 4.69) is 11.4 Å². The van der Waals surface area contributed by atoms with Crippen molar-refractivity contribution in [2.24, 2.45) is 0 Å². The van der Waals surface area contributed by atoms with Crippen molar-refractivity contribution in [1.82, 2.24) is 10.2 Å². The average Bonchev–Trinajstić information content (AvgIpc) is 3.20. The molecule has 23 heavy (non-hydrogen) atoms. The fourth-order valence-electron chi connectivity index (χ4n) is 3.64. The van der Waals surface area contributed by atoms with E-state index in [1.54, 1.807) is 0 Å².